The lowest BCUT2D eigenvalue weighted by Gasteiger charge is -2.67. The summed E-state index contributed by atoms with van der Waals surface area (Å²) in [5.41, 5.74) is -5.72. The molecule has 2 saturated carbocycles. The zero-order valence-electron chi connectivity index (χ0n) is 63.3. The van der Waals surface area contributed by atoms with Gasteiger partial charge < -0.3 is 67.7 Å². The first-order valence-electron chi connectivity index (χ1n) is 37.9. The summed E-state index contributed by atoms with van der Waals surface area (Å²) in [5, 5.41) is 31.8. The van der Waals surface area contributed by atoms with Gasteiger partial charge in [-0.2, -0.15) is 0 Å². The van der Waals surface area contributed by atoms with E-state index in [2.05, 4.69) is 22.8 Å². The van der Waals surface area contributed by atoms with Crippen molar-refractivity contribution in [3.05, 3.63) is 154 Å². The topological polar surface area (TPSA) is 315 Å². The summed E-state index contributed by atoms with van der Waals surface area (Å²) in [6.07, 6.45) is 7.85. The number of likely N-dealkylation sites (N-methyl/N-ethyl adjacent to an activating group) is 1. The molecule has 0 radical (unpaired) electrons. The molecule has 0 aromatic heterocycles. The number of benzene rings is 4. The number of hydrogen-bond acceptors (Lipinski definition) is 20. The van der Waals surface area contributed by atoms with Gasteiger partial charge in [0.15, 0.2) is 23.6 Å². The molecule has 106 heavy (non-hydrogen) atoms. The lowest BCUT2D eigenvalue weighted by atomic mass is 9.44. The molecule has 0 spiro atoms. The van der Waals surface area contributed by atoms with Gasteiger partial charge in [-0.05, 0) is 91.6 Å². The quantitative estimate of drug-likeness (QED) is 0.00801. The summed E-state index contributed by atoms with van der Waals surface area (Å²) >= 11 is 0. The van der Waals surface area contributed by atoms with Crippen LogP contribution in [0.25, 0.3) is 0 Å². The third-order valence-corrected chi connectivity index (χ3v) is 22.6. The van der Waals surface area contributed by atoms with E-state index in [-0.39, 0.29) is 73.5 Å². The molecule has 1 saturated heterocycles. The summed E-state index contributed by atoms with van der Waals surface area (Å²) < 4.78 is 60.2. The minimum atomic E-state index is -4.23. The van der Waals surface area contributed by atoms with Crippen LogP contribution < -0.4 is 15.5 Å². The number of phosphoric acid groups is 1. The van der Waals surface area contributed by atoms with Crippen molar-refractivity contribution in [2.45, 2.75) is 237 Å². The number of rotatable bonds is 41. The predicted octanol–water partition coefficient (Wildman–Crippen LogP) is 12.1. The summed E-state index contributed by atoms with van der Waals surface area (Å²) in [4.78, 5) is 126. The van der Waals surface area contributed by atoms with Crippen molar-refractivity contribution in [1.82, 2.24) is 10.6 Å². The Balaban J connectivity index is 0.858. The van der Waals surface area contributed by atoms with Crippen molar-refractivity contribution >= 4 is 55.3 Å². The van der Waals surface area contributed by atoms with Gasteiger partial charge in [0.2, 0.25) is 0 Å². The maximum atomic E-state index is 16.5. The van der Waals surface area contributed by atoms with Crippen molar-refractivity contribution in [1.29, 1.82) is 0 Å². The molecule has 580 valence electrons. The van der Waals surface area contributed by atoms with Crippen LogP contribution in [0.2, 0.25) is 0 Å². The maximum absolute atomic E-state index is 16.5. The number of fused-ring (bicyclic) bond motifs is 5. The number of Topliss-reactive ketones (excluding diaryl/α,β-unsaturated/α-hetero) is 2. The molecule has 4 aromatic rings. The first-order chi connectivity index (χ1) is 50.4. The molecule has 2 bridgehead atoms. The highest BCUT2D eigenvalue weighted by Crippen LogP contribution is 2.65. The zero-order chi connectivity index (χ0) is 76.9. The number of nitrogens with one attached hydrogen (secondary N) is 2. The van der Waals surface area contributed by atoms with E-state index in [0.29, 0.717) is 23.0 Å². The van der Waals surface area contributed by atoms with E-state index in [1.54, 1.807) is 92.7 Å². The summed E-state index contributed by atoms with van der Waals surface area (Å²) in [6.45, 7) is 8.70. The minimum Gasteiger partial charge on any atom is -0.756 e. The van der Waals surface area contributed by atoms with E-state index in [4.69, 9.17) is 37.5 Å². The molecule has 4 aromatic carbocycles. The summed E-state index contributed by atoms with van der Waals surface area (Å²) in [6, 6.07) is 30.9. The fraction of sp³-hybridized carbons (Fsp3) is 0.585. The molecule has 12 atom stereocenters. The highest BCUT2D eigenvalue weighted by atomic mass is 31.2. The molecule has 3 aliphatic carbocycles. The smallest absolute Gasteiger partial charge is 0.407 e. The van der Waals surface area contributed by atoms with Crippen molar-refractivity contribution in [2.24, 2.45) is 16.7 Å². The number of phosphoric ester groups is 1. The van der Waals surface area contributed by atoms with Crippen molar-refractivity contribution in [2.75, 3.05) is 54.1 Å². The minimum absolute atomic E-state index is 0.0179. The number of esters is 4. The third-order valence-electron chi connectivity index (χ3n) is 21.6. The van der Waals surface area contributed by atoms with Gasteiger partial charge in [-0.25, -0.2) is 14.4 Å². The van der Waals surface area contributed by atoms with E-state index in [9.17, 15) is 53.2 Å². The number of unbranched alkanes of at least 4 members (excludes halogenated alkanes) is 15. The number of quaternary nitrogens is 1. The summed E-state index contributed by atoms with van der Waals surface area (Å²) in [5.74, 6) is -7.34. The van der Waals surface area contributed by atoms with Crippen LogP contribution in [0.1, 0.15) is 213 Å². The van der Waals surface area contributed by atoms with Crippen molar-refractivity contribution in [3.63, 3.8) is 0 Å². The van der Waals surface area contributed by atoms with Crippen LogP contribution in [-0.2, 0) is 78.8 Å². The number of hydrogen-bond donors (Lipinski definition) is 4. The van der Waals surface area contributed by atoms with Gasteiger partial charge in [0.05, 0.1) is 57.3 Å². The largest absolute Gasteiger partial charge is 0.756 e. The molecule has 24 heteroatoms. The lowest BCUT2D eigenvalue weighted by molar-refractivity contribution is -0.870. The van der Waals surface area contributed by atoms with Crippen LogP contribution in [0.3, 0.4) is 0 Å². The Hall–Kier alpha value is -7.47. The van der Waals surface area contributed by atoms with E-state index in [1.165, 1.54) is 95.8 Å². The number of carbonyl (C=O) groups excluding carboxylic acids is 8. The molecular weight excluding hydrogens is 1380 g/mol. The Bertz CT molecular complexity index is 3680. The second kappa shape index (κ2) is 38.6. The normalized spacial score (nSPS) is 24.2. The Kier molecular flexibility index (Phi) is 30.6. The monoisotopic (exact) mass is 1490 g/mol. The van der Waals surface area contributed by atoms with Crippen LogP contribution in [0.15, 0.2) is 126 Å². The van der Waals surface area contributed by atoms with Gasteiger partial charge in [0, 0.05) is 57.1 Å². The first kappa shape index (κ1) is 84.2. The molecule has 23 nitrogen and oxygen atoms in total. The Labute approximate surface area is 624 Å². The SMILES string of the molecule is CC(=O)O[C@H]1C(=O)[C@]2(C)[C@@H](OC(=O)NCCCC(=O)Cc3ccc(CCCCCCCCCCCCCCCCCCOP(=O)([O-])OCC[N+](C)(C)C)cc3)C[C@H]3OC[C@@]3(OC(C)=O)[C@H]2[C@H](OC(=O)c2ccccc2)[C@]2(O)C[C@H](OC(=O)[C@H](O)[C@@H](NC(=O)c3ccccc3)c3ccccc3)C(C)=C1C2(C)C. The average Bonchev–Trinajstić information content (AvgIpc) is 0.667. The van der Waals surface area contributed by atoms with E-state index < -0.39 is 133 Å². The van der Waals surface area contributed by atoms with Crippen molar-refractivity contribution in [3.8, 4) is 0 Å². The zero-order valence-corrected chi connectivity index (χ0v) is 64.2. The summed E-state index contributed by atoms with van der Waals surface area (Å²) in [7, 11) is 1.69. The number of aliphatic hydroxyl groups excluding tert-OH is 1. The van der Waals surface area contributed by atoms with Gasteiger partial charge in [-0.1, -0.05) is 195 Å². The molecule has 4 N–H and O–H groups in total. The van der Waals surface area contributed by atoms with Gasteiger partial charge in [-0.15, -0.1) is 0 Å². The van der Waals surface area contributed by atoms with Gasteiger partial charge in [-0.3, -0.25) is 28.5 Å². The van der Waals surface area contributed by atoms with Crippen LogP contribution in [0, 0.1) is 16.7 Å². The molecule has 3 fully saturated rings. The molecule has 4 aliphatic rings. The molecule has 1 heterocycles. The fourth-order valence-electron chi connectivity index (χ4n) is 15.7. The van der Waals surface area contributed by atoms with Gasteiger partial charge in [0.25, 0.3) is 13.7 Å². The fourth-order valence-corrected chi connectivity index (χ4v) is 16.4. The number of aliphatic hydroxyl groups is 2. The highest BCUT2D eigenvalue weighted by molar-refractivity contribution is 7.45. The van der Waals surface area contributed by atoms with Gasteiger partial charge in [0.1, 0.15) is 49.0 Å². The second-order valence-corrected chi connectivity index (χ2v) is 32.2. The standard InChI is InChI=1S/C82H112N3O20P/c1-56-65(102-77(93)70(89)69(61-37-28-24-29-38-61)84-75(91)62-39-30-25-31-40-62)54-82(95)74(104-76(92)63-41-32-26-33-42-63)72-80(6,73(90)71(101-57(2)86)68(56)79(82,4)5)66(53-67-81(72,55-98-67)105-58(3)87)103-78(94)83-48-35-43-64(88)52-60-46-44-59(45-47-60)36-27-22-20-18-16-14-12-10-11-13-15-17-19-21-23-34-50-99-106(96,97)100-51-49-85(7,8)9/h24-26,28-33,37-42,44-47,65-67,69-72,74,89,95H,10-23,27,34-36,43,48-55H2,1-9H3,(H2-,83,84,91,94,96,97)/t65-,66-,67+,69-,70+,71+,72-,74-,80+,81-,82+/m0/s1. The Morgan fingerprint density at radius 2 is 1.21 bits per heavy atom. The number of amides is 2. The molecule has 1 aliphatic heterocycles. The number of nitrogens with zero attached hydrogens (tertiary/aromatic N) is 1. The number of alkyl carbamates (subject to hydrolysis) is 1. The second-order valence-electron chi connectivity index (χ2n) is 30.8. The van der Waals surface area contributed by atoms with Crippen LogP contribution in [0.4, 0.5) is 4.79 Å². The van der Waals surface area contributed by atoms with Crippen molar-refractivity contribution < 1.29 is 100.0 Å². The Morgan fingerprint density at radius 3 is 1.75 bits per heavy atom. The highest BCUT2D eigenvalue weighted by Gasteiger charge is 2.79. The number of aryl methyl sites for hydroxylation is 1. The van der Waals surface area contributed by atoms with Crippen LogP contribution >= 0.6 is 7.82 Å². The molecule has 1 unspecified atom stereocenters. The molecular formula is C82H112N3O20P. The van der Waals surface area contributed by atoms with Crippen LogP contribution in [-0.4, -0.2) is 164 Å². The number of ether oxygens (including phenoxy) is 6. The first-order valence-corrected chi connectivity index (χ1v) is 39.3. The van der Waals surface area contributed by atoms with Gasteiger partial charge >= 0.3 is 30.0 Å². The molecule has 2 amide bonds. The van der Waals surface area contributed by atoms with Crippen LogP contribution in [0.5, 0.6) is 0 Å². The van der Waals surface area contributed by atoms with E-state index in [0.717, 1.165) is 57.9 Å². The number of ketones is 2. The van der Waals surface area contributed by atoms with E-state index in [1.807, 2.05) is 33.3 Å². The number of carbonyl (C=O) groups is 8. The average molecular weight is 1490 g/mol. The lowest BCUT2D eigenvalue weighted by Crippen LogP contribution is -2.82. The maximum Gasteiger partial charge on any atom is 0.407 e. The predicted molar refractivity (Wildman–Crippen MR) is 394 cm³/mol. The third kappa shape index (κ3) is 22.1. The molecule has 8 rings (SSSR count). The Morgan fingerprint density at radius 1 is 0.670 bits per heavy atom. The van der Waals surface area contributed by atoms with E-state index >= 15 is 4.79 Å².